The molecule has 0 radical (unpaired) electrons. The molecule has 0 heterocycles. The number of benzene rings is 4. The number of fused-ring (bicyclic) bond motifs is 3. The van der Waals surface area contributed by atoms with Crippen molar-refractivity contribution in [2.24, 2.45) is 0 Å². The zero-order valence-electron chi connectivity index (χ0n) is 22.6. The third-order valence-corrected chi connectivity index (χ3v) is 7.84. The van der Waals surface area contributed by atoms with Gasteiger partial charge in [0.1, 0.15) is 0 Å². The van der Waals surface area contributed by atoms with Crippen LogP contribution in [0.4, 0.5) is 0 Å². The number of rotatable bonds is 2. The third kappa shape index (κ3) is 3.75. The first-order valence-corrected chi connectivity index (χ1v) is 12.9. The highest BCUT2D eigenvalue weighted by atomic mass is 14.5. The fourth-order valence-electron chi connectivity index (χ4n) is 5.65. The van der Waals surface area contributed by atoms with E-state index >= 15 is 0 Å². The number of hydrogen-bond donors (Lipinski definition) is 0. The Labute approximate surface area is 212 Å². The summed E-state index contributed by atoms with van der Waals surface area (Å²) in [5.74, 6) is 0. The highest BCUT2D eigenvalue weighted by Gasteiger charge is 2.47. The van der Waals surface area contributed by atoms with Crippen molar-refractivity contribution < 1.29 is 0 Å². The first-order chi connectivity index (χ1) is 16.4. The van der Waals surface area contributed by atoms with Crippen molar-refractivity contribution in [1.82, 2.24) is 0 Å². The van der Waals surface area contributed by atoms with Crippen LogP contribution < -0.4 is 0 Å². The van der Waals surface area contributed by atoms with Gasteiger partial charge < -0.3 is 0 Å². The van der Waals surface area contributed by atoms with Crippen LogP contribution >= 0.6 is 0 Å². The molecule has 178 valence electrons. The van der Waals surface area contributed by atoms with Crippen molar-refractivity contribution in [1.29, 1.82) is 0 Å². The van der Waals surface area contributed by atoms with Crippen LogP contribution in [0.1, 0.15) is 86.1 Å². The number of hydrogen-bond acceptors (Lipinski definition) is 0. The van der Waals surface area contributed by atoms with E-state index in [0.717, 1.165) is 0 Å². The Hall–Kier alpha value is -3.12. The number of aryl methyl sites for hydroxylation is 2. The third-order valence-electron chi connectivity index (χ3n) is 7.84. The van der Waals surface area contributed by atoms with E-state index < -0.39 is 0 Å². The highest BCUT2D eigenvalue weighted by molar-refractivity contribution is 5.87. The summed E-state index contributed by atoms with van der Waals surface area (Å²) < 4.78 is 0. The lowest BCUT2D eigenvalue weighted by Gasteiger charge is -2.35. The van der Waals surface area contributed by atoms with Crippen molar-refractivity contribution in [2.45, 2.75) is 71.6 Å². The summed E-state index contributed by atoms with van der Waals surface area (Å²) in [4.78, 5) is 0. The second-order valence-electron chi connectivity index (χ2n) is 12.5. The SMILES string of the molecule is Cc1ccc(C2(c3ccc(C)cc3)c3cc(C(C)(C)C)ccc3-c3ccc(C(C)(C)C)cc32)cc1. The maximum atomic E-state index is 2.49. The van der Waals surface area contributed by atoms with Crippen LogP contribution in [0.3, 0.4) is 0 Å². The molecule has 0 aliphatic heterocycles. The smallest absolute Gasteiger partial charge is 0.0590 e. The molecule has 4 aromatic carbocycles. The molecule has 5 rings (SSSR count). The zero-order valence-corrected chi connectivity index (χ0v) is 22.6. The summed E-state index contributed by atoms with van der Waals surface area (Å²) in [5, 5.41) is 0. The molecule has 1 aliphatic carbocycles. The van der Waals surface area contributed by atoms with Gasteiger partial charge >= 0.3 is 0 Å². The first-order valence-electron chi connectivity index (χ1n) is 12.9. The molecule has 0 heteroatoms. The van der Waals surface area contributed by atoms with Crippen LogP contribution in [-0.2, 0) is 16.2 Å². The van der Waals surface area contributed by atoms with Crippen molar-refractivity contribution >= 4 is 0 Å². The van der Waals surface area contributed by atoms with E-state index in [1.54, 1.807) is 0 Å². The van der Waals surface area contributed by atoms with Gasteiger partial charge in [-0.15, -0.1) is 0 Å². The molecule has 0 bridgehead atoms. The molecule has 0 atom stereocenters. The molecular weight excluding hydrogens is 420 g/mol. The molecule has 4 aromatic rings. The lowest BCUT2D eigenvalue weighted by atomic mass is 9.66. The van der Waals surface area contributed by atoms with E-state index in [9.17, 15) is 0 Å². The van der Waals surface area contributed by atoms with Gasteiger partial charge in [-0.25, -0.2) is 0 Å². The van der Waals surface area contributed by atoms with Gasteiger partial charge in [-0.2, -0.15) is 0 Å². The molecule has 0 nitrogen and oxygen atoms in total. The molecule has 0 saturated carbocycles. The highest BCUT2D eigenvalue weighted by Crippen LogP contribution is 2.57. The molecule has 0 amide bonds. The van der Waals surface area contributed by atoms with E-state index in [1.165, 1.54) is 55.6 Å². The molecule has 0 N–H and O–H groups in total. The maximum absolute atomic E-state index is 2.49. The summed E-state index contributed by atoms with van der Waals surface area (Å²) in [7, 11) is 0. The maximum Gasteiger partial charge on any atom is 0.0713 e. The molecule has 0 unspecified atom stereocenters. The van der Waals surface area contributed by atoms with Crippen LogP contribution in [0.15, 0.2) is 84.9 Å². The van der Waals surface area contributed by atoms with Crippen molar-refractivity contribution in [3.63, 3.8) is 0 Å². The largest absolute Gasteiger partial charge is 0.0713 e. The van der Waals surface area contributed by atoms with Gasteiger partial charge in [-0.3, -0.25) is 0 Å². The van der Waals surface area contributed by atoms with Gasteiger partial charge in [0.05, 0.1) is 5.41 Å². The Balaban J connectivity index is 1.96. The second-order valence-corrected chi connectivity index (χ2v) is 12.5. The van der Waals surface area contributed by atoms with Crippen molar-refractivity contribution in [2.75, 3.05) is 0 Å². The second kappa shape index (κ2) is 7.95. The lowest BCUT2D eigenvalue weighted by Crippen LogP contribution is -2.29. The molecule has 35 heavy (non-hydrogen) atoms. The predicted octanol–water partition coefficient (Wildman–Crippen LogP) is 9.26. The Kier molecular flexibility index (Phi) is 5.37. The quantitative estimate of drug-likeness (QED) is 0.247. The van der Waals surface area contributed by atoms with Crippen molar-refractivity contribution in [3.8, 4) is 11.1 Å². The average molecular weight is 459 g/mol. The minimum atomic E-state index is -0.353. The summed E-state index contributed by atoms with van der Waals surface area (Å²) >= 11 is 0. The fourth-order valence-corrected chi connectivity index (χ4v) is 5.65. The Morgan fingerprint density at radius 1 is 0.457 bits per heavy atom. The molecule has 0 fully saturated rings. The topological polar surface area (TPSA) is 0 Å². The molecule has 0 saturated heterocycles. The summed E-state index contributed by atoms with van der Waals surface area (Å²) in [6.45, 7) is 18.2. The van der Waals surface area contributed by atoms with Gasteiger partial charge in [0.15, 0.2) is 0 Å². The average Bonchev–Trinajstić information content (AvgIpc) is 3.09. The van der Waals surface area contributed by atoms with Crippen LogP contribution in [0.5, 0.6) is 0 Å². The molecule has 1 aliphatic rings. The minimum absolute atomic E-state index is 0.0761. The van der Waals surface area contributed by atoms with Gasteiger partial charge in [0.25, 0.3) is 0 Å². The van der Waals surface area contributed by atoms with Gasteiger partial charge in [0, 0.05) is 0 Å². The molecule has 0 spiro atoms. The predicted molar refractivity (Wildman–Crippen MR) is 151 cm³/mol. The van der Waals surface area contributed by atoms with E-state index in [-0.39, 0.29) is 16.2 Å². The van der Waals surface area contributed by atoms with Gasteiger partial charge in [0.2, 0.25) is 0 Å². The molecular formula is C35H38. The van der Waals surface area contributed by atoms with Crippen LogP contribution in [0.25, 0.3) is 11.1 Å². The van der Waals surface area contributed by atoms with Gasteiger partial charge in [-0.05, 0) is 69.2 Å². The Morgan fingerprint density at radius 3 is 1.11 bits per heavy atom. The molecule has 0 aromatic heterocycles. The van der Waals surface area contributed by atoms with Crippen molar-refractivity contribution in [3.05, 3.63) is 129 Å². The van der Waals surface area contributed by atoms with E-state index in [2.05, 4.69) is 140 Å². The summed E-state index contributed by atoms with van der Waals surface area (Å²) in [6, 6.07) is 32.9. The van der Waals surface area contributed by atoms with Crippen LogP contribution in [0.2, 0.25) is 0 Å². The lowest BCUT2D eigenvalue weighted by molar-refractivity contribution is 0.586. The summed E-state index contributed by atoms with van der Waals surface area (Å²) in [5.41, 5.74) is 13.3. The Bertz CT molecular complexity index is 1270. The standard InChI is InChI=1S/C35H38/c1-23-9-13-25(14-10-23)35(26-15-11-24(2)12-16-26)31-21-27(33(3,4)5)17-19-29(31)30-20-18-28(22-32(30)35)34(6,7)8/h9-22H,1-8H3. The monoisotopic (exact) mass is 458 g/mol. The van der Waals surface area contributed by atoms with E-state index in [1.807, 2.05) is 0 Å². The van der Waals surface area contributed by atoms with E-state index in [4.69, 9.17) is 0 Å². The summed E-state index contributed by atoms with van der Waals surface area (Å²) in [6.07, 6.45) is 0. The van der Waals surface area contributed by atoms with Gasteiger partial charge in [-0.1, -0.05) is 138 Å². The normalized spacial score (nSPS) is 14.5. The Morgan fingerprint density at radius 2 is 0.800 bits per heavy atom. The van der Waals surface area contributed by atoms with E-state index in [0.29, 0.717) is 0 Å². The fraction of sp³-hybridized carbons (Fsp3) is 0.314. The van der Waals surface area contributed by atoms with Crippen LogP contribution in [-0.4, -0.2) is 0 Å². The van der Waals surface area contributed by atoms with Crippen LogP contribution in [0, 0.1) is 13.8 Å². The minimum Gasteiger partial charge on any atom is -0.0590 e. The zero-order chi connectivity index (χ0) is 25.2. The first kappa shape index (κ1) is 23.6.